The van der Waals surface area contributed by atoms with Crippen LogP contribution < -0.4 is 9.47 Å². The molecular weight excluding hydrogens is 350 g/mol. The second kappa shape index (κ2) is 7.92. The molecule has 0 saturated carbocycles. The highest BCUT2D eigenvalue weighted by molar-refractivity contribution is 6.15. The number of fused-ring (bicyclic) bond motifs is 1. The molecule has 0 aliphatic heterocycles. The summed E-state index contributed by atoms with van der Waals surface area (Å²) in [6.45, 7) is 0.434. The number of rotatable bonds is 6. The lowest BCUT2D eigenvalue weighted by molar-refractivity contribution is 0.103. The summed E-state index contributed by atoms with van der Waals surface area (Å²) in [5, 5.41) is 1.61. The Morgan fingerprint density at radius 3 is 2.32 bits per heavy atom. The first-order valence-electron chi connectivity index (χ1n) is 8.99. The molecule has 0 bridgehead atoms. The predicted octanol–water partition coefficient (Wildman–Crippen LogP) is 5.05. The molecule has 1 heterocycles. The molecule has 4 heteroatoms. The number of hydrogen-bond donors (Lipinski definition) is 0. The van der Waals surface area contributed by atoms with Crippen LogP contribution >= 0.6 is 0 Å². The van der Waals surface area contributed by atoms with E-state index in [0.29, 0.717) is 29.4 Å². The highest BCUT2D eigenvalue weighted by Gasteiger charge is 2.16. The lowest BCUT2D eigenvalue weighted by Gasteiger charge is -2.13. The van der Waals surface area contributed by atoms with Gasteiger partial charge in [0.2, 0.25) is 5.78 Å². The predicted molar refractivity (Wildman–Crippen MR) is 109 cm³/mol. The molecule has 4 rings (SSSR count). The van der Waals surface area contributed by atoms with Crippen molar-refractivity contribution in [2.75, 3.05) is 7.11 Å². The molecule has 4 nitrogen and oxygen atoms in total. The van der Waals surface area contributed by atoms with E-state index < -0.39 is 0 Å². The molecule has 0 saturated heterocycles. The van der Waals surface area contributed by atoms with E-state index in [0.717, 1.165) is 16.3 Å². The van der Waals surface area contributed by atoms with Crippen molar-refractivity contribution >= 4 is 16.6 Å². The van der Waals surface area contributed by atoms with Gasteiger partial charge in [0.25, 0.3) is 0 Å². The first-order chi connectivity index (χ1) is 13.8. The highest BCUT2D eigenvalue weighted by Crippen LogP contribution is 2.34. The van der Waals surface area contributed by atoms with Crippen molar-refractivity contribution in [3.8, 4) is 11.5 Å². The molecule has 0 fully saturated rings. The minimum absolute atomic E-state index is 0.119. The number of benzene rings is 3. The number of methoxy groups -OCH3 is 1. The molecule has 0 spiro atoms. The van der Waals surface area contributed by atoms with Gasteiger partial charge in [0.15, 0.2) is 11.5 Å². The average Bonchev–Trinajstić information content (AvgIpc) is 2.77. The van der Waals surface area contributed by atoms with E-state index in [2.05, 4.69) is 4.98 Å². The van der Waals surface area contributed by atoms with E-state index in [1.54, 1.807) is 25.4 Å². The topological polar surface area (TPSA) is 48.4 Å². The van der Waals surface area contributed by atoms with E-state index in [-0.39, 0.29) is 5.78 Å². The average molecular weight is 369 g/mol. The second-order valence-corrected chi connectivity index (χ2v) is 6.35. The van der Waals surface area contributed by atoms with Gasteiger partial charge >= 0.3 is 0 Å². The van der Waals surface area contributed by atoms with Crippen LogP contribution in [0.4, 0.5) is 0 Å². The Morgan fingerprint density at radius 1 is 0.893 bits per heavy atom. The van der Waals surface area contributed by atoms with E-state index in [4.69, 9.17) is 9.47 Å². The van der Waals surface area contributed by atoms with E-state index in [1.165, 1.54) is 0 Å². The molecule has 28 heavy (non-hydrogen) atoms. The third-order valence-corrected chi connectivity index (χ3v) is 4.54. The van der Waals surface area contributed by atoms with Gasteiger partial charge in [-0.3, -0.25) is 9.78 Å². The molecule has 0 atom stereocenters. The normalized spacial score (nSPS) is 10.6. The summed E-state index contributed by atoms with van der Waals surface area (Å²) in [6, 6.07) is 24.7. The largest absolute Gasteiger partial charge is 0.493 e. The van der Waals surface area contributed by atoms with Crippen molar-refractivity contribution < 1.29 is 14.3 Å². The van der Waals surface area contributed by atoms with Crippen LogP contribution in [0.3, 0.4) is 0 Å². The minimum Gasteiger partial charge on any atom is -0.493 e. The summed E-state index contributed by atoms with van der Waals surface area (Å²) in [4.78, 5) is 17.3. The zero-order valence-electron chi connectivity index (χ0n) is 15.5. The molecule has 0 unspecified atom stereocenters. The fourth-order valence-corrected chi connectivity index (χ4v) is 3.10. The van der Waals surface area contributed by atoms with Crippen LogP contribution in [-0.2, 0) is 6.61 Å². The second-order valence-electron chi connectivity index (χ2n) is 6.35. The van der Waals surface area contributed by atoms with Gasteiger partial charge in [-0.1, -0.05) is 60.7 Å². The Balaban J connectivity index is 1.72. The van der Waals surface area contributed by atoms with Gasteiger partial charge in [0.1, 0.15) is 12.3 Å². The third-order valence-electron chi connectivity index (χ3n) is 4.54. The van der Waals surface area contributed by atoms with Crippen LogP contribution in [0.1, 0.15) is 21.6 Å². The quantitative estimate of drug-likeness (QED) is 0.446. The maximum atomic E-state index is 12.9. The molecule has 138 valence electrons. The van der Waals surface area contributed by atoms with Gasteiger partial charge in [-0.2, -0.15) is 0 Å². The van der Waals surface area contributed by atoms with Crippen LogP contribution in [0.5, 0.6) is 11.5 Å². The zero-order chi connectivity index (χ0) is 19.3. The Morgan fingerprint density at radius 2 is 1.61 bits per heavy atom. The Kier molecular flexibility index (Phi) is 5.02. The van der Waals surface area contributed by atoms with E-state index >= 15 is 0 Å². The number of ketones is 1. The van der Waals surface area contributed by atoms with Gasteiger partial charge in [-0.15, -0.1) is 0 Å². The fourth-order valence-electron chi connectivity index (χ4n) is 3.10. The smallest absolute Gasteiger partial charge is 0.211 e. The maximum Gasteiger partial charge on any atom is 0.211 e. The van der Waals surface area contributed by atoms with Crippen molar-refractivity contribution in [1.82, 2.24) is 4.98 Å². The van der Waals surface area contributed by atoms with Crippen LogP contribution in [0, 0.1) is 0 Å². The summed E-state index contributed by atoms with van der Waals surface area (Å²) in [6.07, 6.45) is 1.64. The third kappa shape index (κ3) is 3.58. The van der Waals surface area contributed by atoms with Crippen molar-refractivity contribution in [3.05, 3.63) is 102 Å². The van der Waals surface area contributed by atoms with Crippen molar-refractivity contribution in [1.29, 1.82) is 0 Å². The van der Waals surface area contributed by atoms with Crippen LogP contribution in [0.25, 0.3) is 10.8 Å². The molecule has 0 aliphatic carbocycles. The van der Waals surface area contributed by atoms with Crippen molar-refractivity contribution in [2.24, 2.45) is 0 Å². The van der Waals surface area contributed by atoms with Gasteiger partial charge in [-0.25, -0.2) is 0 Å². The van der Waals surface area contributed by atoms with Crippen molar-refractivity contribution in [2.45, 2.75) is 6.61 Å². The number of carbonyl (C=O) groups excluding carboxylic acids is 1. The number of nitrogens with zero attached hydrogens (tertiary/aromatic N) is 1. The number of aromatic nitrogens is 1. The molecular formula is C24H19NO3. The molecule has 4 aromatic rings. The van der Waals surface area contributed by atoms with Crippen molar-refractivity contribution in [3.63, 3.8) is 0 Å². The van der Waals surface area contributed by atoms with Crippen LogP contribution in [0.15, 0.2) is 85.1 Å². The van der Waals surface area contributed by atoms with Crippen LogP contribution in [-0.4, -0.2) is 17.9 Å². The summed E-state index contributed by atoms with van der Waals surface area (Å²) in [5.41, 5.74) is 2.07. The number of hydrogen-bond acceptors (Lipinski definition) is 4. The molecule has 0 amide bonds. The SMILES string of the molecule is COc1cc2c(C(=O)c3ccccc3)nccc2cc1OCc1ccccc1. The van der Waals surface area contributed by atoms with Gasteiger partial charge in [0, 0.05) is 17.1 Å². The molecule has 0 aliphatic rings. The lowest BCUT2D eigenvalue weighted by Crippen LogP contribution is -2.05. The summed E-state index contributed by atoms with van der Waals surface area (Å²) in [7, 11) is 1.59. The first kappa shape index (κ1) is 17.7. The van der Waals surface area contributed by atoms with E-state index in [1.807, 2.05) is 66.7 Å². The lowest BCUT2D eigenvalue weighted by atomic mass is 10.0. The summed E-state index contributed by atoms with van der Waals surface area (Å²) < 4.78 is 11.5. The Hall–Kier alpha value is -3.66. The Labute approximate surface area is 163 Å². The van der Waals surface area contributed by atoms with Gasteiger partial charge < -0.3 is 9.47 Å². The highest BCUT2D eigenvalue weighted by atomic mass is 16.5. The standard InChI is InChI=1S/C24H19NO3/c1-27-21-15-20-19(14-22(21)28-16-17-8-4-2-5-9-17)12-13-25-23(20)24(26)18-10-6-3-7-11-18/h2-15H,16H2,1H3. The van der Waals surface area contributed by atoms with Gasteiger partial charge in [0.05, 0.1) is 7.11 Å². The monoisotopic (exact) mass is 369 g/mol. The number of ether oxygens (including phenoxy) is 2. The van der Waals surface area contributed by atoms with Gasteiger partial charge in [-0.05, 0) is 29.1 Å². The number of pyridine rings is 1. The fraction of sp³-hybridized carbons (Fsp3) is 0.0833. The summed E-state index contributed by atoms with van der Waals surface area (Å²) in [5.74, 6) is 1.08. The summed E-state index contributed by atoms with van der Waals surface area (Å²) >= 11 is 0. The maximum absolute atomic E-state index is 12.9. The Bertz CT molecular complexity index is 1110. The number of carbonyl (C=O) groups is 1. The zero-order valence-corrected chi connectivity index (χ0v) is 15.5. The molecule has 0 radical (unpaired) electrons. The minimum atomic E-state index is -0.119. The molecule has 1 aromatic heterocycles. The molecule has 3 aromatic carbocycles. The van der Waals surface area contributed by atoms with E-state index in [9.17, 15) is 4.79 Å². The van der Waals surface area contributed by atoms with Crippen LogP contribution in [0.2, 0.25) is 0 Å². The molecule has 0 N–H and O–H groups in total. The first-order valence-corrected chi connectivity index (χ1v) is 8.99.